The second kappa shape index (κ2) is 8.24. The Bertz CT molecular complexity index is 646. The highest BCUT2D eigenvalue weighted by molar-refractivity contribution is 5.99. The number of nitrogens with zero attached hydrogens (tertiary/aromatic N) is 4. The number of aliphatic imine (C=N–C) groups is 1. The van der Waals surface area contributed by atoms with E-state index in [1.807, 2.05) is 0 Å². The summed E-state index contributed by atoms with van der Waals surface area (Å²) in [7, 11) is 0. The number of hydrogen-bond donors (Lipinski definition) is 0. The topological polar surface area (TPSA) is 86.0 Å². The molecule has 0 unspecified atom stereocenters. The van der Waals surface area contributed by atoms with Gasteiger partial charge in [-0.3, -0.25) is 0 Å². The summed E-state index contributed by atoms with van der Waals surface area (Å²) in [5.41, 5.74) is -1.78. The third-order valence-electron chi connectivity index (χ3n) is 2.47. The lowest BCUT2D eigenvalue weighted by Crippen LogP contribution is -2.46. The van der Waals surface area contributed by atoms with Gasteiger partial charge in [-0.25, -0.2) is 28.0 Å². The molecule has 0 saturated heterocycles. The van der Waals surface area contributed by atoms with E-state index in [9.17, 15) is 18.4 Å². The van der Waals surface area contributed by atoms with Gasteiger partial charge >= 0.3 is 12.2 Å². The molecule has 0 N–H and O–H groups in total. The van der Waals surface area contributed by atoms with Crippen molar-refractivity contribution in [3.05, 3.63) is 18.5 Å². The van der Waals surface area contributed by atoms with E-state index in [2.05, 4.69) is 10.1 Å². The number of amides is 2. The molecule has 0 aromatic carbocycles. The first-order chi connectivity index (χ1) is 11.8. The Morgan fingerprint density at radius 1 is 1.15 bits per heavy atom. The van der Waals surface area contributed by atoms with E-state index >= 15 is 0 Å². The Balaban J connectivity index is 3.29. The van der Waals surface area contributed by atoms with Crippen LogP contribution in [0.5, 0.6) is 0 Å². The Labute approximate surface area is 150 Å². The molecular formula is C16H24F2N4O4. The van der Waals surface area contributed by atoms with Crippen LogP contribution in [0.2, 0.25) is 0 Å². The van der Waals surface area contributed by atoms with Crippen molar-refractivity contribution < 1.29 is 27.8 Å². The minimum atomic E-state index is -2.89. The van der Waals surface area contributed by atoms with Crippen molar-refractivity contribution in [3.8, 4) is 0 Å². The van der Waals surface area contributed by atoms with Crippen LogP contribution in [-0.4, -0.2) is 57.0 Å². The van der Waals surface area contributed by atoms with Crippen molar-refractivity contribution in [2.45, 2.75) is 59.2 Å². The molecule has 1 aromatic rings. The van der Waals surface area contributed by atoms with E-state index in [0.717, 1.165) is 4.68 Å². The molecule has 2 amide bonds. The molecule has 0 aliphatic carbocycles. The Morgan fingerprint density at radius 2 is 1.73 bits per heavy atom. The zero-order valence-electron chi connectivity index (χ0n) is 15.7. The van der Waals surface area contributed by atoms with Crippen LogP contribution in [0, 0.1) is 0 Å². The third-order valence-corrected chi connectivity index (χ3v) is 2.47. The first-order valence-electron chi connectivity index (χ1n) is 7.89. The minimum absolute atomic E-state index is 0.446. The molecule has 0 aliphatic rings. The second-order valence-electron chi connectivity index (χ2n) is 7.32. The lowest BCUT2D eigenvalue weighted by Gasteiger charge is -2.27. The van der Waals surface area contributed by atoms with E-state index in [4.69, 9.17) is 9.47 Å². The highest BCUT2D eigenvalue weighted by Crippen LogP contribution is 2.14. The monoisotopic (exact) mass is 374 g/mol. The van der Waals surface area contributed by atoms with Crippen molar-refractivity contribution in [3.63, 3.8) is 0 Å². The SMILES string of the molecule is CC(C)(C)OC(=O)N=C(N(CC(F)F)C(=O)OC(C)(C)C)n1cccn1. The molecule has 1 rings (SSSR count). The molecular weight excluding hydrogens is 350 g/mol. The van der Waals surface area contributed by atoms with Gasteiger partial charge in [0.15, 0.2) is 0 Å². The standard InChI is InChI=1S/C16H24F2N4O4/c1-15(2,3)25-13(23)20-12(22-9-7-8-19-22)21(10-11(17)18)14(24)26-16(4,5)6/h7-9,11H,10H2,1-6H3. The van der Waals surface area contributed by atoms with E-state index < -0.39 is 42.3 Å². The fourth-order valence-electron chi connectivity index (χ4n) is 1.68. The van der Waals surface area contributed by atoms with Gasteiger partial charge in [0.2, 0.25) is 5.96 Å². The van der Waals surface area contributed by atoms with Crippen LogP contribution in [-0.2, 0) is 9.47 Å². The summed E-state index contributed by atoms with van der Waals surface area (Å²) in [6.07, 6.45) is -2.32. The predicted octanol–water partition coefficient (Wildman–Crippen LogP) is 3.52. The number of ether oxygens (including phenoxy) is 2. The summed E-state index contributed by atoms with van der Waals surface area (Å²) in [5.74, 6) is -0.446. The summed E-state index contributed by atoms with van der Waals surface area (Å²) >= 11 is 0. The summed E-state index contributed by atoms with van der Waals surface area (Å²) in [6, 6.07) is 1.49. The summed E-state index contributed by atoms with van der Waals surface area (Å²) in [5, 5.41) is 3.86. The molecule has 0 radical (unpaired) electrons. The highest BCUT2D eigenvalue weighted by Gasteiger charge is 2.31. The van der Waals surface area contributed by atoms with Crippen molar-refractivity contribution in [2.75, 3.05) is 6.54 Å². The van der Waals surface area contributed by atoms with Crippen LogP contribution in [0.4, 0.5) is 18.4 Å². The molecule has 0 bridgehead atoms. The third kappa shape index (κ3) is 7.58. The van der Waals surface area contributed by atoms with E-state index in [1.165, 1.54) is 18.5 Å². The van der Waals surface area contributed by atoms with Crippen LogP contribution in [0.15, 0.2) is 23.5 Å². The largest absolute Gasteiger partial charge is 0.443 e. The quantitative estimate of drug-likeness (QED) is 0.584. The van der Waals surface area contributed by atoms with Gasteiger partial charge in [0.25, 0.3) is 6.43 Å². The predicted molar refractivity (Wildman–Crippen MR) is 90.2 cm³/mol. The van der Waals surface area contributed by atoms with Crippen molar-refractivity contribution >= 4 is 18.1 Å². The molecule has 26 heavy (non-hydrogen) atoms. The van der Waals surface area contributed by atoms with Crippen LogP contribution in [0.3, 0.4) is 0 Å². The van der Waals surface area contributed by atoms with Gasteiger partial charge in [-0.15, -0.1) is 4.99 Å². The Kier molecular flexibility index (Phi) is 6.82. The highest BCUT2D eigenvalue weighted by atomic mass is 19.3. The fraction of sp³-hybridized carbons (Fsp3) is 0.625. The van der Waals surface area contributed by atoms with Crippen molar-refractivity contribution in [1.29, 1.82) is 0 Å². The van der Waals surface area contributed by atoms with Gasteiger partial charge in [0.1, 0.15) is 11.2 Å². The zero-order valence-corrected chi connectivity index (χ0v) is 15.7. The maximum absolute atomic E-state index is 13.0. The number of rotatable bonds is 2. The van der Waals surface area contributed by atoms with Gasteiger partial charge in [-0.1, -0.05) is 0 Å². The second-order valence-corrected chi connectivity index (χ2v) is 7.32. The van der Waals surface area contributed by atoms with Gasteiger partial charge in [-0.05, 0) is 47.6 Å². The molecule has 0 spiro atoms. The average molecular weight is 374 g/mol. The van der Waals surface area contributed by atoms with Gasteiger partial charge in [0, 0.05) is 12.4 Å². The summed E-state index contributed by atoms with van der Waals surface area (Å²) < 4.78 is 37.3. The maximum Gasteiger partial charge on any atom is 0.437 e. The molecule has 10 heteroatoms. The molecule has 1 heterocycles. The zero-order chi connectivity index (χ0) is 20.1. The van der Waals surface area contributed by atoms with Crippen LogP contribution in [0.1, 0.15) is 41.5 Å². The summed E-state index contributed by atoms with van der Waals surface area (Å²) in [6.45, 7) is 8.60. The first-order valence-corrected chi connectivity index (χ1v) is 7.89. The maximum atomic E-state index is 13.0. The van der Waals surface area contributed by atoms with Crippen LogP contribution in [0.25, 0.3) is 0 Å². The molecule has 0 aliphatic heterocycles. The first kappa shape index (κ1) is 21.5. The van der Waals surface area contributed by atoms with Gasteiger partial charge in [-0.2, -0.15) is 5.10 Å². The van der Waals surface area contributed by atoms with Gasteiger partial charge in [0.05, 0.1) is 6.54 Å². The molecule has 8 nitrogen and oxygen atoms in total. The minimum Gasteiger partial charge on any atom is -0.443 e. The molecule has 0 atom stereocenters. The number of alkyl halides is 2. The fourth-order valence-corrected chi connectivity index (χ4v) is 1.68. The Morgan fingerprint density at radius 3 is 2.15 bits per heavy atom. The number of carbonyl (C=O) groups excluding carboxylic acids is 2. The van der Waals surface area contributed by atoms with Crippen LogP contribution < -0.4 is 0 Å². The van der Waals surface area contributed by atoms with Crippen molar-refractivity contribution in [1.82, 2.24) is 14.7 Å². The van der Waals surface area contributed by atoms with Crippen LogP contribution >= 0.6 is 0 Å². The summed E-state index contributed by atoms with van der Waals surface area (Å²) in [4.78, 5) is 28.6. The number of hydrogen-bond acceptors (Lipinski definition) is 5. The number of carbonyl (C=O) groups is 2. The number of halogens is 2. The Hall–Kier alpha value is -2.52. The normalized spacial score (nSPS) is 12.9. The van der Waals surface area contributed by atoms with E-state index in [0.29, 0.717) is 4.90 Å². The van der Waals surface area contributed by atoms with Crippen molar-refractivity contribution in [2.24, 2.45) is 4.99 Å². The lowest BCUT2D eigenvalue weighted by atomic mass is 10.2. The van der Waals surface area contributed by atoms with Gasteiger partial charge < -0.3 is 9.47 Å². The number of aromatic nitrogens is 2. The molecule has 0 saturated carbocycles. The molecule has 0 fully saturated rings. The average Bonchev–Trinajstić information content (AvgIpc) is 2.92. The lowest BCUT2D eigenvalue weighted by molar-refractivity contribution is 0.0251. The van der Waals surface area contributed by atoms with E-state index in [-0.39, 0.29) is 0 Å². The molecule has 1 aromatic heterocycles. The van der Waals surface area contributed by atoms with E-state index in [1.54, 1.807) is 41.5 Å². The smallest absolute Gasteiger partial charge is 0.437 e. The molecule has 146 valence electrons.